The van der Waals surface area contributed by atoms with E-state index in [0.29, 0.717) is 6.04 Å². The molecular weight excluding hydrogens is 340 g/mol. The van der Waals surface area contributed by atoms with Gasteiger partial charge in [-0.15, -0.1) is 11.3 Å². The normalized spacial score (nSPS) is 15.1. The Hall–Kier alpha value is -2.33. The molecule has 1 fully saturated rings. The van der Waals surface area contributed by atoms with Gasteiger partial charge in [0.1, 0.15) is 4.88 Å². The first-order valence-electron chi connectivity index (χ1n) is 9.35. The maximum absolute atomic E-state index is 13.0. The predicted molar refractivity (Wildman–Crippen MR) is 108 cm³/mol. The summed E-state index contributed by atoms with van der Waals surface area (Å²) in [5.41, 5.74) is 4.48. The minimum absolute atomic E-state index is 0.0592. The number of carbonyl (C=O) groups is 1. The van der Waals surface area contributed by atoms with Crippen molar-refractivity contribution in [2.45, 2.75) is 45.1 Å². The molecule has 1 aliphatic carbocycles. The number of benzene rings is 1. The number of nitrogens with zero attached hydrogens (tertiary/aromatic N) is 1. The van der Waals surface area contributed by atoms with Crippen LogP contribution in [0.1, 0.15) is 47.3 Å². The number of hydrogen-bond acceptors (Lipinski definition) is 2. The first-order chi connectivity index (χ1) is 12.7. The van der Waals surface area contributed by atoms with Crippen LogP contribution in [-0.2, 0) is 0 Å². The second-order valence-corrected chi connectivity index (χ2v) is 7.97. The first-order valence-corrected chi connectivity index (χ1v) is 10.2. The first kappa shape index (κ1) is 17.1. The molecule has 0 bridgehead atoms. The van der Waals surface area contributed by atoms with Gasteiger partial charge in [0.15, 0.2) is 0 Å². The Morgan fingerprint density at radius 3 is 2.46 bits per heavy atom. The van der Waals surface area contributed by atoms with Crippen molar-refractivity contribution in [2.24, 2.45) is 0 Å². The Morgan fingerprint density at radius 2 is 1.77 bits per heavy atom. The summed E-state index contributed by atoms with van der Waals surface area (Å²) in [6, 6.07) is 12.8. The van der Waals surface area contributed by atoms with Crippen molar-refractivity contribution in [2.75, 3.05) is 0 Å². The molecule has 1 aliphatic rings. The molecule has 1 N–H and O–H groups in total. The van der Waals surface area contributed by atoms with Crippen LogP contribution in [-0.4, -0.2) is 16.5 Å². The second kappa shape index (κ2) is 7.50. The van der Waals surface area contributed by atoms with Crippen LogP contribution in [0.15, 0.2) is 54.2 Å². The standard InChI is InChI=1S/C22H24N2OS/c1-16-9-11-17(12-10-16)19-15-26-21(20(19)24-13-5-6-14-24)22(25)23-18-7-3-2-4-8-18/h5-6,9-15,18H,2-4,7-8H2,1H3,(H,23,25). The molecule has 0 spiro atoms. The summed E-state index contributed by atoms with van der Waals surface area (Å²) in [5, 5.41) is 5.38. The molecule has 0 unspecified atom stereocenters. The van der Waals surface area contributed by atoms with Gasteiger partial charge in [0.05, 0.1) is 5.69 Å². The van der Waals surface area contributed by atoms with Gasteiger partial charge in [-0.2, -0.15) is 0 Å². The number of aromatic nitrogens is 1. The third-order valence-electron chi connectivity index (χ3n) is 5.14. The van der Waals surface area contributed by atoms with E-state index in [1.165, 1.54) is 36.2 Å². The highest BCUT2D eigenvalue weighted by Gasteiger charge is 2.23. The highest BCUT2D eigenvalue weighted by Crippen LogP contribution is 2.35. The van der Waals surface area contributed by atoms with E-state index in [-0.39, 0.29) is 5.91 Å². The maximum atomic E-state index is 13.0. The smallest absolute Gasteiger partial charge is 0.263 e. The molecule has 1 saturated carbocycles. The van der Waals surface area contributed by atoms with E-state index < -0.39 is 0 Å². The van der Waals surface area contributed by atoms with Crippen LogP contribution >= 0.6 is 11.3 Å². The zero-order valence-electron chi connectivity index (χ0n) is 15.1. The predicted octanol–water partition coefficient (Wildman–Crippen LogP) is 5.58. The van der Waals surface area contributed by atoms with Gasteiger partial charge in [0, 0.05) is 29.4 Å². The topological polar surface area (TPSA) is 34.0 Å². The van der Waals surface area contributed by atoms with Crippen molar-refractivity contribution in [1.82, 2.24) is 9.88 Å². The van der Waals surface area contributed by atoms with Crippen LogP contribution < -0.4 is 5.32 Å². The fraction of sp³-hybridized carbons (Fsp3) is 0.318. The van der Waals surface area contributed by atoms with Crippen molar-refractivity contribution in [3.63, 3.8) is 0 Å². The van der Waals surface area contributed by atoms with Crippen LogP contribution in [0.3, 0.4) is 0 Å². The third-order valence-corrected chi connectivity index (χ3v) is 6.10. The highest BCUT2D eigenvalue weighted by molar-refractivity contribution is 7.13. The van der Waals surface area contributed by atoms with Crippen LogP contribution in [0.5, 0.6) is 0 Å². The van der Waals surface area contributed by atoms with E-state index in [0.717, 1.165) is 34.5 Å². The van der Waals surface area contributed by atoms with Crippen LogP contribution in [0, 0.1) is 6.92 Å². The fourth-order valence-electron chi connectivity index (χ4n) is 3.69. The molecule has 3 aromatic rings. The van der Waals surface area contributed by atoms with E-state index in [1.54, 1.807) is 0 Å². The summed E-state index contributed by atoms with van der Waals surface area (Å²) in [4.78, 5) is 13.8. The van der Waals surface area contributed by atoms with E-state index in [4.69, 9.17) is 0 Å². The van der Waals surface area contributed by atoms with Gasteiger partial charge >= 0.3 is 0 Å². The highest BCUT2D eigenvalue weighted by atomic mass is 32.1. The molecule has 2 heterocycles. The van der Waals surface area contributed by atoms with E-state index in [1.807, 2.05) is 24.5 Å². The number of rotatable bonds is 4. The number of nitrogens with one attached hydrogen (secondary N) is 1. The van der Waals surface area contributed by atoms with Gasteiger partial charge in [-0.3, -0.25) is 4.79 Å². The Bertz CT molecular complexity index is 872. The maximum Gasteiger partial charge on any atom is 0.263 e. The SMILES string of the molecule is Cc1ccc(-c2csc(C(=O)NC3CCCCC3)c2-n2cccc2)cc1. The molecular formula is C22H24N2OS. The number of aryl methyl sites for hydroxylation is 1. The molecule has 0 atom stereocenters. The number of hydrogen-bond donors (Lipinski definition) is 1. The molecule has 1 aromatic carbocycles. The number of thiophene rings is 1. The monoisotopic (exact) mass is 364 g/mol. The molecule has 1 amide bonds. The molecule has 26 heavy (non-hydrogen) atoms. The molecule has 0 saturated heterocycles. The Balaban J connectivity index is 1.70. The van der Waals surface area contributed by atoms with Crippen LogP contribution in [0.25, 0.3) is 16.8 Å². The summed E-state index contributed by atoms with van der Waals surface area (Å²) in [6.07, 6.45) is 9.94. The number of carbonyl (C=O) groups excluding carboxylic acids is 1. The Labute approximate surface area is 158 Å². The van der Waals surface area contributed by atoms with Crippen molar-refractivity contribution < 1.29 is 4.79 Å². The molecule has 3 nitrogen and oxygen atoms in total. The quantitative estimate of drug-likeness (QED) is 0.644. The van der Waals surface area contributed by atoms with Crippen molar-refractivity contribution in [1.29, 1.82) is 0 Å². The largest absolute Gasteiger partial charge is 0.349 e. The second-order valence-electron chi connectivity index (χ2n) is 7.09. The van der Waals surface area contributed by atoms with E-state index >= 15 is 0 Å². The molecule has 4 rings (SSSR count). The van der Waals surface area contributed by atoms with Crippen LogP contribution in [0.4, 0.5) is 0 Å². The van der Waals surface area contributed by atoms with Gasteiger partial charge < -0.3 is 9.88 Å². The van der Waals surface area contributed by atoms with Gasteiger partial charge in [-0.05, 0) is 37.5 Å². The van der Waals surface area contributed by atoms with Gasteiger partial charge in [0.2, 0.25) is 0 Å². The van der Waals surface area contributed by atoms with Gasteiger partial charge in [-0.25, -0.2) is 0 Å². The van der Waals surface area contributed by atoms with E-state index in [2.05, 4.69) is 46.5 Å². The summed E-state index contributed by atoms with van der Waals surface area (Å²) < 4.78 is 2.06. The lowest BCUT2D eigenvalue weighted by molar-refractivity contribution is 0.0932. The summed E-state index contributed by atoms with van der Waals surface area (Å²) in [6.45, 7) is 2.09. The lowest BCUT2D eigenvalue weighted by Crippen LogP contribution is -2.36. The molecule has 0 radical (unpaired) electrons. The molecule has 4 heteroatoms. The Morgan fingerprint density at radius 1 is 1.08 bits per heavy atom. The van der Waals surface area contributed by atoms with Gasteiger partial charge in [-0.1, -0.05) is 49.1 Å². The summed E-state index contributed by atoms with van der Waals surface area (Å²) in [7, 11) is 0. The van der Waals surface area contributed by atoms with Crippen molar-refractivity contribution >= 4 is 17.2 Å². The lowest BCUT2D eigenvalue weighted by atomic mass is 9.95. The Kier molecular flexibility index (Phi) is 4.93. The zero-order valence-corrected chi connectivity index (χ0v) is 15.9. The lowest BCUT2D eigenvalue weighted by Gasteiger charge is -2.22. The van der Waals surface area contributed by atoms with Crippen LogP contribution in [0.2, 0.25) is 0 Å². The van der Waals surface area contributed by atoms with Crippen molar-refractivity contribution in [3.8, 4) is 16.8 Å². The molecule has 2 aromatic heterocycles. The van der Waals surface area contributed by atoms with Crippen molar-refractivity contribution in [3.05, 3.63) is 64.6 Å². The fourth-order valence-corrected chi connectivity index (χ4v) is 4.66. The van der Waals surface area contributed by atoms with E-state index in [9.17, 15) is 4.79 Å². The minimum atomic E-state index is 0.0592. The third kappa shape index (κ3) is 3.47. The average molecular weight is 365 g/mol. The average Bonchev–Trinajstić information content (AvgIpc) is 3.32. The van der Waals surface area contributed by atoms with Gasteiger partial charge in [0.25, 0.3) is 5.91 Å². The summed E-state index contributed by atoms with van der Waals surface area (Å²) >= 11 is 1.54. The molecule has 0 aliphatic heterocycles. The summed E-state index contributed by atoms with van der Waals surface area (Å²) in [5.74, 6) is 0.0592. The number of amides is 1. The zero-order chi connectivity index (χ0) is 17.9. The minimum Gasteiger partial charge on any atom is -0.349 e. The molecule has 134 valence electrons.